The molecule has 1 saturated carbocycles. The second kappa shape index (κ2) is 6.30. The smallest absolute Gasteiger partial charge is 0.163 e. The lowest BCUT2D eigenvalue weighted by Gasteiger charge is -2.44. The molecule has 3 rings (SSSR count). The lowest BCUT2D eigenvalue weighted by molar-refractivity contribution is -0.118. The molecule has 6 heteroatoms. The highest BCUT2D eigenvalue weighted by Crippen LogP contribution is 2.40. The highest BCUT2D eigenvalue weighted by atomic mass is 35.5. The van der Waals surface area contributed by atoms with Crippen LogP contribution in [0.5, 0.6) is 11.5 Å². The molecule has 3 atom stereocenters. The van der Waals surface area contributed by atoms with E-state index in [2.05, 4.69) is 5.32 Å². The maximum Gasteiger partial charge on any atom is 0.163 e. The first-order chi connectivity index (χ1) is 10.2. The third-order valence-corrected chi connectivity index (χ3v) is 4.19. The van der Waals surface area contributed by atoms with Crippen molar-refractivity contribution in [2.24, 2.45) is 0 Å². The Morgan fingerprint density at radius 1 is 1.29 bits per heavy atom. The van der Waals surface area contributed by atoms with Crippen LogP contribution in [0.4, 0.5) is 5.69 Å². The summed E-state index contributed by atoms with van der Waals surface area (Å²) in [5.74, 6) is 1.42. The first-order valence-corrected chi connectivity index (χ1v) is 7.60. The molecular weight excluding hydrogens is 294 g/mol. The minimum absolute atomic E-state index is 0.0363. The van der Waals surface area contributed by atoms with Crippen LogP contribution in [0.25, 0.3) is 0 Å². The van der Waals surface area contributed by atoms with Gasteiger partial charge in [-0.2, -0.15) is 0 Å². The molecule has 1 aliphatic heterocycles. The van der Waals surface area contributed by atoms with E-state index in [1.165, 1.54) is 0 Å². The van der Waals surface area contributed by atoms with Gasteiger partial charge in [0, 0.05) is 25.8 Å². The normalized spacial score (nSPS) is 27.1. The molecule has 0 saturated heterocycles. The van der Waals surface area contributed by atoms with Gasteiger partial charge in [0.05, 0.1) is 22.9 Å². The first-order valence-electron chi connectivity index (χ1n) is 7.23. The third kappa shape index (κ3) is 2.91. The number of hydrogen-bond donors (Lipinski definition) is 1. The molecule has 1 aromatic rings. The fourth-order valence-corrected chi connectivity index (χ4v) is 3.00. The Morgan fingerprint density at radius 2 is 2.00 bits per heavy atom. The molecule has 21 heavy (non-hydrogen) atoms. The zero-order chi connectivity index (χ0) is 14.8. The number of nitrogens with one attached hydrogen (secondary N) is 1. The number of anilines is 1. The summed E-state index contributed by atoms with van der Waals surface area (Å²) >= 11 is 6.30. The van der Waals surface area contributed by atoms with Crippen molar-refractivity contribution < 1.29 is 18.9 Å². The summed E-state index contributed by atoms with van der Waals surface area (Å²) in [6, 6.07) is 3.86. The van der Waals surface area contributed by atoms with Crippen molar-refractivity contribution in [3.05, 3.63) is 17.2 Å². The Labute approximate surface area is 129 Å². The van der Waals surface area contributed by atoms with E-state index in [9.17, 15) is 0 Å². The van der Waals surface area contributed by atoms with Gasteiger partial charge in [0.2, 0.25) is 0 Å². The van der Waals surface area contributed by atoms with Gasteiger partial charge in [-0.25, -0.2) is 0 Å². The van der Waals surface area contributed by atoms with Gasteiger partial charge in [0.1, 0.15) is 19.3 Å². The summed E-state index contributed by atoms with van der Waals surface area (Å²) in [6.45, 7) is 3.80. The monoisotopic (exact) mass is 313 g/mol. The molecule has 1 fully saturated rings. The SMILES string of the molecule is CCOC1CC(Nc2cc3c(cc2Cl)OCCO3)C1OC. The van der Waals surface area contributed by atoms with Crippen LogP contribution >= 0.6 is 11.6 Å². The van der Waals surface area contributed by atoms with Crippen LogP contribution < -0.4 is 14.8 Å². The number of benzene rings is 1. The van der Waals surface area contributed by atoms with E-state index in [1.54, 1.807) is 13.2 Å². The van der Waals surface area contributed by atoms with E-state index in [0.717, 1.165) is 17.9 Å². The number of hydrogen-bond acceptors (Lipinski definition) is 5. The van der Waals surface area contributed by atoms with Crippen LogP contribution in [-0.2, 0) is 9.47 Å². The second-order valence-corrected chi connectivity index (χ2v) is 5.56. The second-order valence-electron chi connectivity index (χ2n) is 5.16. The summed E-state index contributed by atoms with van der Waals surface area (Å²) < 4.78 is 22.2. The Hall–Kier alpha value is -1.17. The van der Waals surface area contributed by atoms with Gasteiger partial charge < -0.3 is 24.3 Å². The quantitative estimate of drug-likeness (QED) is 0.905. The molecule has 1 N–H and O–H groups in total. The highest BCUT2D eigenvalue weighted by molar-refractivity contribution is 6.33. The molecule has 0 aromatic heterocycles. The van der Waals surface area contributed by atoms with E-state index in [1.807, 2.05) is 13.0 Å². The maximum absolute atomic E-state index is 6.30. The van der Waals surface area contributed by atoms with Crippen molar-refractivity contribution >= 4 is 17.3 Å². The van der Waals surface area contributed by atoms with Gasteiger partial charge in [0.15, 0.2) is 11.5 Å². The van der Waals surface area contributed by atoms with Crippen molar-refractivity contribution in [2.45, 2.75) is 31.6 Å². The largest absolute Gasteiger partial charge is 0.486 e. The zero-order valence-corrected chi connectivity index (χ0v) is 13.0. The lowest BCUT2D eigenvalue weighted by atomic mass is 9.85. The molecule has 5 nitrogen and oxygen atoms in total. The molecule has 0 spiro atoms. The lowest BCUT2D eigenvalue weighted by Crippen LogP contribution is -2.56. The molecule has 1 heterocycles. The number of ether oxygens (including phenoxy) is 4. The minimum Gasteiger partial charge on any atom is -0.486 e. The molecule has 1 aromatic carbocycles. The van der Waals surface area contributed by atoms with Crippen LogP contribution in [0.2, 0.25) is 5.02 Å². The van der Waals surface area contributed by atoms with Crippen LogP contribution in [0, 0.1) is 0 Å². The number of halogens is 1. The van der Waals surface area contributed by atoms with Crippen molar-refractivity contribution in [2.75, 3.05) is 32.2 Å². The van der Waals surface area contributed by atoms with Gasteiger partial charge in [-0.1, -0.05) is 11.6 Å². The maximum atomic E-state index is 6.30. The Morgan fingerprint density at radius 3 is 2.67 bits per heavy atom. The van der Waals surface area contributed by atoms with Crippen molar-refractivity contribution in [3.8, 4) is 11.5 Å². The predicted octanol–water partition coefficient (Wildman–Crippen LogP) is 2.72. The molecule has 1 aliphatic carbocycles. The summed E-state index contributed by atoms with van der Waals surface area (Å²) in [6.07, 6.45) is 1.08. The Balaban J connectivity index is 1.70. The first kappa shape index (κ1) is 14.8. The highest BCUT2D eigenvalue weighted by Gasteiger charge is 2.42. The third-order valence-electron chi connectivity index (χ3n) is 3.87. The van der Waals surface area contributed by atoms with E-state index in [4.69, 9.17) is 30.5 Å². The topological polar surface area (TPSA) is 49.0 Å². The minimum atomic E-state index is 0.0363. The summed E-state index contributed by atoms with van der Waals surface area (Å²) in [4.78, 5) is 0. The van der Waals surface area contributed by atoms with Gasteiger partial charge in [-0.05, 0) is 13.3 Å². The standard InChI is InChI=1S/C15H20ClNO4/c1-3-19-14-8-11(15(14)18-2)17-10-7-13-12(6-9(10)16)20-4-5-21-13/h6-7,11,14-15,17H,3-5,8H2,1-2H3. The predicted molar refractivity (Wildman–Crippen MR) is 80.7 cm³/mol. The fourth-order valence-electron chi connectivity index (χ4n) is 2.79. The number of rotatable bonds is 5. The molecule has 0 radical (unpaired) electrons. The van der Waals surface area contributed by atoms with Gasteiger partial charge in [-0.3, -0.25) is 0 Å². The average molecular weight is 314 g/mol. The van der Waals surface area contributed by atoms with E-state index < -0.39 is 0 Å². The van der Waals surface area contributed by atoms with Gasteiger partial charge >= 0.3 is 0 Å². The van der Waals surface area contributed by atoms with Gasteiger partial charge in [-0.15, -0.1) is 0 Å². The average Bonchev–Trinajstić information content (AvgIpc) is 2.47. The molecule has 0 bridgehead atoms. The zero-order valence-electron chi connectivity index (χ0n) is 12.2. The summed E-state index contributed by atoms with van der Waals surface area (Å²) in [5, 5.41) is 4.03. The molecule has 2 aliphatic rings. The van der Waals surface area contributed by atoms with Crippen LogP contribution in [-0.4, -0.2) is 45.2 Å². The number of methoxy groups -OCH3 is 1. The van der Waals surface area contributed by atoms with E-state index in [-0.39, 0.29) is 18.2 Å². The Kier molecular flexibility index (Phi) is 4.42. The number of fused-ring (bicyclic) bond motifs is 1. The molecule has 0 amide bonds. The molecular formula is C15H20ClNO4. The molecule has 116 valence electrons. The van der Waals surface area contributed by atoms with Crippen molar-refractivity contribution in [1.29, 1.82) is 0 Å². The Bertz CT molecular complexity index is 511. The molecule has 3 unspecified atom stereocenters. The van der Waals surface area contributed by atoms with E-state index >= 15 is 0 Å². The van der Waals surface area contributed by atoms with Gasteiger partial charge in [0.25, 0.3) is 0 Å². The van der Waals surface area contributed by atoms with Crippen molar-refractivity contribution in [3.63, 3.8) is 0 Å². The summed E-state index contributed by atoms with van der Waals surface area (Å²) in [7, 11) is 1.70. The van der Waals surface area contributed by atoms with Crippen LogP contribution in [0.15, 0.2) is 12.1 Å². The van der Waals surface area contributed by atoms with Crippen LogP contribution in [0.3, 0.4) is 0 Å². The fraction of sp³-hybridized carbons (Fsp3) is 0.600. The summed E-state index contributed by atoms with van der Waals surface area (Å²) in [5.41, 5.74) is 0.836. The van der Waals surface area contributed by atoms with E-state index in [0.29, 0.717) is 30.6 Å². The van der Waals surface area contributed by atoms with Crippen molar-refractivity contribution in [1.82, 2.24) is 0 Å². The van der Waals surface area contributed by atoms with Crippen LogP contribution in [0.1, 0.15) is 13.3 Å².